The van der Waals surface area contributed by atoms with Gasteiger partial charge in [0.1, 0.15) is 5.75 Å². The Hall–Kier alpha value is -0.910. The Kier molecular flexibility index (Phi) is 6.21. The topological polar surface area (TPSA) is 47.6 Å². The van der Waals surface area contributed by atoms with Crippen LogP contribution in [0.3, 0.4) is 0 Å². The Morgan fingerprint density at radius 2 is 2.19 bits per heavy atom. The van der Waals surface area contributed by atoms with Crippen LogP contribution >= 0.6 is 0 Å². The highest BCUT2D eigenvalue weighted by atomic mass is 32.2. The first-order valence-corrected chi connectivity index (χ1v) is 8.79. The fourth-order valence-corrected chi connectivity index (χ4v) is 4.68. The zero-order valence-electron chi connectivity index (χ0n) is 13.1. The van der Waals surface area contributed by atoms with Gasteiger partial charge in [0.15, 0.2) is 0 Å². The average Bonchev–Trinajstić information content (AvgIpc) is 2.53. The predicted molar refractivity (Wildman–Crippen MR) is 86.4 cm³/mol. The minimum absolute atomic E-state index is 0.132. The lowest BCUT2D eigenvalue weighted by molar-refractivity contribution is 0.200. The normalized spacial score (nSPS) is 22.6. The smallest absolute Gasteiger partial charge is 0.119 e. The summed E-state index contributed by atoms with van der Waals surface area (Å²) in [5, 5.41) is 3.51. The van der Waals surface area contributed by atoms with E-state index >= 15 is 0 Å². The number of hydrogen-bond acceptors (Lipinski definition) is 4. The van der Waals surface area contributed by atoms with Gasteiger partial charge in [-0.3, -0.25) is 4.21 Å². The lowest BCUT2D eigenvalue weighted by Crippen LogP contribution is -2.37. The van der Waals surface area contributed by atoms with Crippen LogP contribution in [0.15, 0.2) is 18.2 Å². The number of nitrogens with one attached hydrogen (secondary N) is 1. The Morgan fingerprint density at radius 3 is 2.86 bits per heavy atom. The van der Waals surface area contributed by atoms with Crippen molar-refractivity contribution in [3.8, 4) is 5.75 Å². The molecule has 2 rings (SSSR count). The predicted octanol–water partition coefficient (Wildman–Crippen LogP) is 2.06. The molecule has 0 bridgehead atoms. The van der Waals surface area contributed by atoms with Gasteiger partial charge in [-0.15, -0.1) is 0 Å². The summed E-state index contributed by atoms with van der Waals surface area (Å²) in [4.78, 5) is 0. The van der Waals surface area contributed by atoms with E-state index in [9.17, 15) is 4.21 Å². The standard InChI is InChI=1S/C16H25NO3S/c1-17-16-14-11-13(20-3)7-5-12(14)6-8-15(16)21(18)10-4-9-19-2/h5,7,11,15-17H,4,6,8-10H2,1-3H3. The Morgan fingerprint density at radius 1 is 1.38 bits per heavy atom. The van der Waals surface area contributed by atoms with Crippen molar-refractivity contribution in [3.05, 3.63) is 29.3 Å². The van der Waals surface area contributed by atoms with Crippen LogP contribution in [0.5, 0.6) is 5.75 Å². The van der Waals surface area contributed by atoms with Crippen LogP contribution in [0.1, 0.15) is 30.0 Å². The maximum Gasteiger partial charge on any atom is 0.119 e. The highest BCUT2D eigenvalue weighted by Crippen LogP contribution is 2.35. The lowest BCUT2D eigenvalue weighted by Gasteiger charge is -2.33. The van der Waals surface area contributed by atoms with Crippen LogP contribution in [0.25, 0.3) is 0 Å². The van der Waals surface area contributed by atoms with E-state index in [-0.39, 0.29) is 11.3 Å². The zero-order chi connectivity index (χ0) is 15.2. The second kappa shape index (κ2) is 7.92. The van der Waals surface area contributed by atoms with Crippen LogP contribution in [-0.2, 0) is 22.0 Å². The maximum absolute atomic E-state index is 12.6. The summed E-state index contributed by atoms with van der Waals surface area (Å²) in [6.07, 6.45) is 2.80. The van der Waals surface area contributed by atoms with Gasteiger partial charge in [-0.1, -0.05) is 6.07 Å². The summed E-state index contributed by atoms with van der Waals surface area (Å²) in [7, 11) is 4.47. The fourth-order valence-electron chi connectivity index (χ4n) is 3.00. The number of ether oxygens (including phenoxy) is 2. The van der Waals surface area contributed by atoms with Gasteiger partial charge in [0, 0.05) is 36.3 Å². The molecule has 1 N–H and O–H groups in total. The van der Waals surface area contributed by atoms with E-state index in [0.29, 0.717) is 12.4 Å². The lowest BCUT2D eigenvalue weighted by atomic mass is 9.87. The van der Waals surface area contributed by atoms with Gasteiger partial charge in [0.25, 0.3) is 0 Å². The molecule has 0 amide bonds. The molecular weight excluding hydrogens is 286 g/mol. The molecule has 0 aromatic heterocycles. The zero-order valence-corrected chi connectivity index (χ0v) is 13.9. The van der Waals surface area contributed by atoms with E-state index in [1.165, 1.54) is 11.1 Å². The second-order valence-corrected chi connectivity index (χ2v) is 7.11. The fraction of sp³-hybridized carbons (Fsp3) is 0.625. The molecule has 0 saturated heterocycles. The van der Waals surface area contributed by atoms with Crippen molar-refractivity contribution in [2.75, 3.05) is 33.6 Å². The third kappa shape index (κ3) is 3.84. The highest BCUT2D eigenvalue weighted by Gasteiger charge is 2.32. The molecule has 3 atom stereocenters. The van der Waals surface area contributed by atoms with E-state index in [1.54, 1.807) is 14.2 Å². The number of rotatable bonds is 7. The van der Waals surface area contributed by atoms with Crippen molar-refractivity contribution in [1.82, 2.24) is 5.32 Å². The Balaban J connectivity index is 2.16. The third-order valence-electron chi connectivity index (χ3n) is 4.10. The molecule has 21 heavy (non-hydrogen) atoms. The van der Waals surface area contributed by atoms with Crippen molar-refractivity contribution < 1.29 is 13.7 Å². The number of hydrogen-bond donors (Lipinski definition) is 1. The van der Waals surface area contributed by atoms with Crippen molar-refractivity contribution in [3.63, 3.8) is 0 Å². The van der Waals surface area contributed by atoms with Crippen LogP contribution < -0.4 is 10.1 Å². The number of benzene rings is 1. The van der Waals surface area contributed by atoms with Gasteiger partial charge in [-0.2, -0.15) is 0 Å². The van der Waals surface area contributed by atoms with Gasteiger partial charge in [-0.25, -0.2) is 0 Å². The quantitative estimate of drug-likeness (QED) is 0.783. The molecule has 118 valence electrons. The maximum atomic E-state index is 12.6. The van der Waals surface area contributed by atoms with Gasteiger partial charge < -0.3 is 14.8 Å². The minimum atomic E-state index is -0.837. The Labute approximate surface area is 129 Å². The molecule has 0 fully saturated rings. The highest BCUT2D eigenvalue weighted by molar-refractivity contribution is 7.85. The molecule has 5 heteroatoms. The third-order valence-corrected chi connectivity index (χ3v) is 5.97. The van der Waals surface area contributed by atoms with Gasteiger partial charge in [0.2, 0.25) is 0 Å². The van der Waals surface area contributed by atoms with Crippen LogP contribution in [-0.4, -0.2) is 43.1 Å². The van der Waals surface area contributed by atoms with Gasteiger partial charge in [0.05, 0.1) is 12.4 Å². The molecule has 0 heterocycles. The summed E-state index contributed by atoms with van der Waals surface area (Å²) >= 11 is 0. The number of methoxy groups -OCH3 is 2. The van der Waals surface area contributed by atoms with Crippen molar-refractivity contribution in [2.24, 2.45) is 0 Å². The van der Waals surface area contributed by atoms with Crippen LogP contribution in [0, 0.1) is 0 Å². The molecule has 1 aromatic rings. The molecule has 1 aliphatic rings. The molecule has 0 aliphatic heterocycles. The molecule has 4 nitrogen and oxygen atoms in total. The monoisotopic (exact) mass is 311 g/mol. The van der Waals surface area contributed by atoms with Crippen molar-refractivity contribution >= 4 is 10.8 Å². The van der Waals surface area contributed by atoms with E-state index in [2.05, 4.69) is 17.4 Å². The summed E-state index contributed by atoms with van der Waals surface area (Å²) < 4.78 is 23.0. The van der Waals surface area contributed by atoms with Crippen molar-refractivity contribution in [1.29, 1.82) is 0 Å². The Bertz CT molecular complexity index is 492. The molecule has 1 aliphatic carbocycles. The van der Waals surface area contributed by atoms with E-state index in [1.807, 2.05) is 13.1 Å². The summed E-state index contributed by atoms with van der Waals surface area (Å²) in [6, 6.07) is 6.34. The number of aryl methyl sites for hydroxylation is 1. The molecule has 0 spiro atoms. The minimum Gasteiger partial charge on any atom is -0.497 e. The average molecular weight is 311 g/mol. The molecule has 3 unspecified atom stereocenters. The van der Waals surface area contributed by atoms with Gasteiger partial charge in [-0.05, 0) is 49.6 Å². The summed E-state index contributed by atoms with van der Waals surface area (Å²) in [5.74, 6) is 1.57. The molecular formula is C16H25NO3S. The largest absolute Gasteiger partial charge is 0.497 e. The number of fused-ring (bicyclic) bond motifs is 1. The second-order valence-electron chi connectivity index (χ2n) is 5.34. The molecule has 1 aromatic carbocycles. The van der Waals surface area contributed by atoms with E-state index in [0.717, 1.165) is 25.0 Å². The first-order chi connectivity index (χ1) is 10.2. The molecule has 0 radical (unpaired) electrons. The first-order valence-electron chi connectivity index (χ1n) is 7.41. The van der Waals surface area contributed by atoms with Crippen LogP contribution in [0.2, 0.25) is 0 Å². The summed E-state index contributed by atoms with van der Waals surface area (Å²) in [5.41, 5.74) is 2.56. The van der Waals surface area contributed by atoms with Gasteiger partial charge >= 0.3 is 0 Å². The van der Waals surface area contributed by atoms with E-state index < -0.39 is 10.8 Å². The first kappa shape index (κ1) is 16.5. The van der Waals surface area contributed by atoms with Crippen LogP contribution in [0.4, 0.5) is 0 Å². The van der Waals surface area contributed by atoms with Crippen molar-refractivity contribution in [2.45, 2.75) is 30.6 Å². The summed E-state index contributed by atoms with van der Waals surface area (Å²) in [6.45, 7) is 0.674. The van der Waals surface area contributed by atoms with E-state index in [4.69, 9.17) is 9.47 Å². The SMILES string of the molecule is CNC1c2cc(OC)ccc2CCC1S(=O)CCCOC. The molecule has 0 saturated carbocycles.